The summed E-state index contributed by atoms with van der Waals surface area (Å²) in [5.74, 6) is 15.3. The first-order chi connectivity index (χ1) is 26.5. The highest BCUT2D eigenvalue weighted by atomic mass is 16.6. The summed E-state index contributed by atoms with van der Waals surface area (Å²) < 4.78 is 37.1. The van der Waals surface area contributed by atoms with Crippen LogP contribution in [0.5, 0.6) is 69.0 Å². The van der Waals surface area contributed by atoms with Crippen molar-refractivity contribution in [1.82, 2.24) is 15.0 Å². The molecule has 0 fully saturated rings. The van der Waals surface area contributed by atoms with Gasteiger partial charge in [0, 0.05) is 51.6 Å². The number of terminal acetylenes is 3. The van der Waals surface area contributed by atoms with E-state index in [9.17, 15) is 0 Å². The lowest BCUT2D eigenvalue weighted by Crippen LogP contribution is -2.04. The molecule has 0 saturated heterocycles. The molecule has 0 amide bonds. The van der Waals surface area contributed by atoms with Crippen LogP contribution in [0.25, 0.3) is 34.2 Å². The summed E-state index contributed by atoms with van der Waals surface area (Å²) in [5.41, 5.74) is 4.05. The predicted molar refractivity (Wildman–Crippen MR) is 200 cm³/mol. The largest absolute Gasteiger partial charge is 0.449 e. The highest BCUT2D eigenvalue weighted by Gasteiger charge is 2.25. The summed E-state index contributed by atoms with van der Waals surface area (Å²) >= 11 is 0. The van der Waals surface area contributed by atoms with Crippen molar-refractivity contribution in [1.29, 1.82) is 0 Å². The van der Waals surface area contributed by atoms with Crippen molar-refractivity contribution in [3.05, 3.63) is 126 Å². The predicted octanol–water partition coefficient (Wildman–Crippen LogP) is 10.5. The zero-order valence-corrected chi connectivity index (χ0v) is 27.9. The van der Waals surface area contributed by atoms with Crippen molar-refractivity contribution in [2.45, 2.75) is 0 Å². The van der Waals surface area contributed by atoms with Crippen LogP contribution in [0, 0.1) is 37.0 Å². The Hall–Kier alpha value is -8.19. The van der Waals surface area contributed by atoms with E-state index < -0.39 is 0 Å². The van der Waals surface area contributed by atoms with Crippen molar-refractivity contribution in [2.75, 3.05) is 0 Å². The summed E-state index contributed by atoms with van der Waals surface area (Å²) in [5, 5.41) is 0. The molecule has 0 radical (unpaired) electrons. The van der Waals surface area contributed by atoms with Crippen LogP contribution >= 0.6 is 0 Å². The van der Waals surface area contributed by atoms with Crippen LogP contribution in [-0.4, -0.2) is 15.0 Å². The molecule has 0 unspecified atom stereocenters. The molecular formula is C45H21N3O6. The van der Waals surface area contributed by atoms with Gasteiger partial charge in [-0.05, 0) is 91.0 Å². The van der Waals surface area contributed by atoms with Crippen LogP contribution in [0.2, 0.25) is 0 Å². The molecule has 54 heavy (non-hydrogen) atoms. The van der Waals surface area contributed by atoms with Gasteiger partial charge in [0.1, 0.15) is 0 Å². The summed E-state index contributed by atoms with van der Waals surface area (Å²) in [7, 11) is 0. The number of ether oxygens (including phenoxy) is 6. The second-order valence-electron chi connectivity index (χ2n) is 12.3. The average Bonchev–Trinajstić information content (AvgIpc) is 3.22. The molecule has 0 spiro atoms. The molecule has 0 atom stereocenters. The van der Waals surface area contributed by atoms with Gasteiger partial charge < -0.3 is 28.4 Å². The monoisotopic (exact) mass is 699 g/mol. The Morgan fingerprint density at radius 3 is 0.796 bits per heavy atom. The zero-order valence-electron chi connectivity index (χ0n) is 27.9. The zero-order chi connectivity index (χ0) is 36.3. The van der Waals surface area contributed by atoms with E-state index >= 15 is 0 Å². The van der Waals surface area contributed by atoms with Crippen molar-refractivity contribution in [3.63, 3.8) is 0 Å². The number of rotatable bonds is 3. The van der Waals surface area contributed by atoms with Crippen LogP contribution in [0.4, 0.5) is 0 Å². The van der Waals surface area contributed by atoms with Gasteiger partial charge in [0.2, 0.25) is 0 Å². The molecule has 7 aromatic rings. The van der Waals surface area contributed by atoms with Gasteiger partial charge in [0.05, 0.1) is 0 Å². The first kappa shape index (κ1) is 30.6. The van der Waals surface area contributed by atoms with Crippen molar-refractivity contribution in [2.24, 2.45) is 0 Å². The normalized spacial score (nSPS) is 12.2. The van der Waals surface area contributed by atoms with Crippen LogP contribution < -0.4 is 28.4 Å². The van der Waals surface area contributed by atoms with Gasteiger partial charge in [-0.2, -0.15) is 0 Å². The van der Waals surface area contributed by atoms with Crippen LogP contribution in [-0.2, 0) is 0 Å². The van der Waals surface area contributed by atoms with E-state index in [2.05, 4.69) is 17.8 Å². The number of benzene rings is 6. The number of nitrogens with zero attached hydrogens (tertiary/aromatic N) is 3. The van der Waals surface area contributed by atoms with Gasteiger partial charge in [0.15, 0.2) is 86.5 Å². The molecule has 3 aliphatic heterocycles. The van der Waals surface area contributed by atoms with Gasteiger partial charge in [-0.25, -0.2) is 15.0 Å². The van der Waals surface area contributed by atoms with E-state index in [1.165, 1.54) is 0 Å². The Bertz CT molecular complexity index is 2570. The Labute approximate surface area is 308 Å². The fourth-order valence-corrected chi connectivity index (χ4v) is 6.19. The van der Waals surface area contributed by atoms with Gasteiger partial charge in [-0.1, -0.05) is 17.8 Å². The third kappa shape index (κ3) is 5.24. The molecule has 0 bridgehead atoms. The van der Waals surface area contributed by atoms with E-state index in [4.69, 9.17) is 62.6 Å². The lowest BCUT2D eigenvalue weighted by molar-refractivity contribution is 0.359. The topological polar surface area (TPSA) is 94.1 Å². The van der Waals surface area contributed by atoms with Gasteiger partial charge in [0.25, 0.3) is 0 Å². The van der Waals surface area contributed by atoms with Crippen molar-refractivity contribution >= 4 is 0 Å². The molecule has 0 saturated carbocycles. The summed E-state index contributed by atoms with van der Waals surface area (Å²) in [6.07, 6.45) is 16.8. The SMILES string of the molecule is C#Cc1ccc2c(c1)Oc1ccc(-c3nc(-c4ccc5c(c4)Oc4ccc(C#C)cc4O5)nc(-c4ccc5c(c4)Oc4ccc(C#C)cc4O5)n3)cc1O2. The standard InChI is InChI=1S/C45H21N3O6/c1-4-25-7-13-31-37(19-25)49-34-16-10-28(22-40(34)52-31)43-46-44(29-11-17-35-41(23-29)53-32-14-8-26(5-2)20-38(32)50-35)48-45(47-43)30-12-18-36-42(24-30)54-33-15-9-27(6-3)21-39(33)51-36/h1-3,7-24H. The first-order valence-corrected chi connectivity index (χ1v) is 16.6. The molecular weight excluding hydrogens is 679 g/mol. The van der Waals surface area contributed by atoms with Crippen LogP contribution in [0.3, 0.4) is 0 Å². The van der Waals surface area contributed by atoms with Gasteiger partial charge >= 0.3 is 0 Å². The van der Waals surface area contributed by atoms with Gasteiger partial charge in [-0.15, -0.1) is 19.3 Å². The maximum absolute atomic E-state index is 6.23. The Balaban J connectivity index is 1.06. The molecule has 0 N–H and O–H groups in total. The highest BCUT2D eigenvalue weighted by molar-refractivity contribution is 5.73. The molecule has 4 heterocycles. The fourth-order valence-electron chi connectivity index (χ4n) is 6.19. The molecule has 6 aromatic carbocycles. The molecule has 9 nitrogen and oxygen atoms in total. The minimum Gasteiger partial charge on any atom is -0.449 e. The Morgan fingerprint density at radius 1 is 0.296 bits per heavy atom. The van der Waals surface area contributed by atoms with E-state index in [1.54, 1.807) is 72.8 Å². The molecule has 0 aliphatic carbocycles. The van der Waals surface area contributed by atoms with E-state index in [-0.39, 0.29) is 0 Å². The highest BCUT2D eigenvalue weighted by Crippen LogP contribution is 2.50. The van der Waals surface area contributed by atoms with Crippen LogP contribution in [0.15, 0.2) is 109 Å². The maximum Gasteiger partial charge on any atom is 0.171 e. The minimum atomic E-state index is 0.388. The lowest BCUT2D eigenvalue weighted by Gasteiger charge is -2.22. The minimum absolute atomic E-state index is 0.388. The van der Waals surface area contributed by atoms with Crippen LogP contribution in [0.1, 0.15) is 16.7 Å². The third-order valence-electron chi connectivity index (χ3n) is 8.89. The molecule has 252 valence electrons. The van der Waals surface area contributed by atoms with Crippen molar-refractivity contribution in [3.8, 4) is 140 Å². The summed E-state index contributed by atoms with van der Waals surface area (Å²) in [6, 6.07) is 32.5. The molecule has 1 aromatic heterocycles. The van der Waals surface area contributed by atoms with Gasteiger partial charge in [-0.3, -0.25) is 0 Å². The fraction of sp³-hybridized carbons (Fsp3) is 0. The Morgan fingerprint density at radius 2 is 0.537 bits per heavy atom. The number of fused-ring (bicyclic) bond motifs is 6. The molecule has 9 heteroatoms. The number of hydrogen-bond donors (Lipinski definition) is 0. The number of aromatic nitrogens is 3. The lowest BCUT2D eigenvalue weighted by atomic mass is 10.1. The smallest absolute Gasteiger partial charge is 0.171 e. The average molecular weight is 700 g/mol. The quantitative estimate of drug-likeness (QED) is 0.167. The van der Waals surface area contributed by atoms with E-state index in [0.717, 1.165) is 0 Å². The maximum atomic E-state index is 6.23. The summed E-state index contributed by atoms with van der Waals surface area (Å²) in [4.78, 5) is 14.8. The first-order valence-electron chi connectivity index (χ1n) is 16.6. The third-order valence-corrected chi connectivity index (χ3v) is 8.89. The Kier molecular flexibility index (Phi) is 6.78. The summed E-state index contributed by atoms with van der Waals surface area (Å²) in [6.45, 7) is 0. The van der Waals surface area contributed by atoms with E-state index in [0.29, 0.717) is 120 Å². The van der Waals surface area contributed by atoms with Crippen molar-refractivity contribution < 1.29 is 28.4 Å². The van der Waals surface area contributed by atoms with E-state index in [1.807, 2.05) is 36.4 Å². The molecule has 3 aliphatic rings. The molecule has 10 rings (SSSR count). The second-order valence-corrected chi connectivity index (χ2v) is 12.3. The second kappa shape index (κ2) is 12.0. The number of hydrogen-bond acceptors (Lipinski definition) is 9.